The fourth-order valence-electron chi connectivity index (χ4n) is 1.36. The second kappa shape index (κ2) is 4.73. The van der Waals surface area contributed by atoms with Crippen LogP contribution in [0, 0.1) is 5.82 Å². The van der Waals surface area contributed by atoms with Gasteiger partial charge >= 0.3 is 0 Å². The molecule has 0 aliphatic rings. The Morgan fingerprint density at radius 2 is 2.18 bits per heavy atom. The maximum Gasteiger partial charge on any atom is 0.223 e. The maximum absolute atomic E-state index is 13.6. The average Bonchev–Trinajstić information content (AvgIpc) is 2.39. The minimum atomic E-state index is -0.489. The van der Waals surface area contributed by atoms with Crippen LogP contribution >= 0.6 is 0 Å². The van der Waals surface area contributed by atoms with E-state index in [4.69, 9.17) is 4.74 Å². The predicted molar refractivity (Wildman–Crippen MR) is 61.3 cm³/mol. The molecule has 0 unspecified atom stereocenters. The van der Waals surface area contributed by atoms with E-state index >= 15 is 0 Å². The van der Waals surface area contributed by atoms with Crippen molar-refractivity contribution in [1.82, 2.24) is 15.0 Å². The summed E-state index contributed by atoms with van der Waals surface area (Å²) in [5, 5.41) is 2.76. The monoisotopic (exact) mass is 234 g/mol. The Morgan fingerprint density at radius 3 is 2.88 bits per heavy atom. The van der Waals surface area contributed by atoms with E-state index in [1.807, 2.05) is 0 Å². The number of halogens is 1. The molecule has 0 amide bonds. The Labute approximate surface area is 97.7 Å². The summed E-state index contributed by atoms with van der Waals surface area (Å²) in [5.74, 6) is 0.279. The topological polar surface area (TPSA) is 59.9 Å². The van der Waals surface area contributed by atoms with Gasteiger partial charge in [0.2, 0.25) is 11.8 Å². The fraction of sp³-hybridized carbons (Fsp3) is 0.182. The summed E-state index contributed by atoms with van der Waals surface area (Å²) in [5.41, 5.74) is 0.804. The van der Waals surface area contributed by atoms with Gasteiger partial charge in [-0.25, -0.2) is 19.3 Å². The first-order valence-corrected chi connectivity index (χ1v) is 4.95. The van der Waals surface area contributed by atoms with Gasteiger partial charge in [0.1, 0.15) is 5.69 Å². The molecule has 0 radical (unpaired) electrons. The molecule has 0 bridgehead atoms. The van der Waals surface area contributed by atoms with Crippen LogP contribution in [0.1, 0.15) is 0 Å². The molecular weight excluding hydrogens is 223 g/mol. The highest BCUT2D eigenvalue weighted by molar-refractivity contribution is 5.61. The number of nitrogens with one attached hydrogen (secondary N) is 1. The smallest absolute Gasteiger partial charge is 0.223 e. The van der Waals surface area contributed by atoms with E-state index in [1.54, 1.807) is 19.2 Å². The number of aromatic nitrogens is 3. The Hall–Kier alpha value is -2.24. The van der Waals surface area contributed by atoms with Crippen LogP contribution in [0.5, 0.6) is 5.88 Å². The van der Waals surface area contributed by atoms with Gasteiger partial charge in [0.05, 0.1) is 13.3 Å². The zero-order valence-electron chi connectivity index (χ0n) is 9.44. The third-order valence-corrected chi connectivity index (χ3v) is 2.19. The first-order valence-electron chi connectivity index (χ1n) is 4.95. The molecule has 0 saturated heterocycles. The summed E-state index contributed by atoms with van der Waals surface area (Å²) in [6.07, 6.45) is 2.66. The molecule has 6 heteroatoms. The van der Waals surface area contributed by atoms with Crippen molar-refractivity contribution in [3.8, 4) is 17.1 Å². The fourth-order valence-corrected chi connectivity index (χ4v) is 1.36. The number of methoxy groups -OCH3 is 1. The van der Waals surface area contributed by atoms with Crippen molar-refractivity contribution in [2.24, 2.45) is 0 Å². The molecule has 17 heavy (non-hydrogen) atoms. The third-order valence-electron chi connectivity index (χ3n) is 2.19. The van der Waals surface area contributed by atoms with Crippen molar-refractivity contribution in [3.63, 3.8) is 0 Å². The first kappa shape index (κ1) is 11.3. The molecule has 0 aromatic carbocycles. The van der Waals surface area contributed by atoms with Gasteiger partial charge in [-0.15, -0.1) is 0 Å². The summed E-state index contributed by atoms with van der Waals surface area (Å²) >= 11 is 0. The normalized spacial score (nSPS) is 10.1. The Kier molecular flexibility index (Phi) is 3.13. The quantitative estimate of drug-likeness (QED) is 0.876. The van der Waals surface area contributed by atoms with Gasteiger partial charge in [-0.05, 0) is 6.07 Å². The number of nitrogens with zero attached hydrogens (tertiary/aromatic N) is 3. The van der Waals surface area contributed by atoms with E-state index < -0.39 is 5.82 Å². The van der Waals surface area contributed by atoms with Crippen LogP contribution in [-0.2, 0) is 0 Å². The van der Waals surface area contributed by atoms with Crippen LogP contribution in [0.25, 0.3) is 11.3 Å². The molecule has 1 N–H and O–H groups in total. The minimum Gasteiger partial charge on any atom is -0.481 e. The second-order valence-corrected chi connectivity index (χ2v) is 3.23. The summed E-state index contributed by atoms with van der Waals surface area (Å²) in [6.45, 7) is 0. The number of ether oxygens (including phenoxy) is 1. The number of hydrogen-bond donors (Lipinski definition) is 1. The van der Waals surface area contributed by atoms with Gasteiger partial charge < -0.3 is 10.1 Å². The van der Waals surface area contributed by atoms with Gasteiger partial charge in [-0.2, -0.15) is 0 Å². The molecule has 2 heterocycles. The number of anilines is 1. The van der Waals surface area contributed by atoms with E-state index in [1.165, 1.54) is 13.3 Å². The maximum atomic E-state index is 13.6. The molecule has 0 saturated carbocycles. The standard InChI is InChI=1S/C11H11FN4O/c1-13-11-15-6-8(12)10(16-11)7-3-4-14-9(5-7)17-2/h3-6H,1-2H3,(H,13,15,16). The predicted octanol–water partition coefficient (Wildman–Crippen LogP) is 1.73. The van der Waals surface area contributed by atoms with Gasteiger partial charge in [-0.3, -0.25) is 0 Å². The lowest BCUT2D eigenvalue weighted by molar-refractivity contribution is 0.398. The highest BCUT2D eigenvalue weighted by Gasteiger charge is 2.10. The zero-order chi connectivity index (χ0) is 12.3. The Balaban J connectivity index is 2.50. The molecular formula is C11H11FN4O. The van der Waals surface area contributed by atoms with Crippen LogP contribution in [-0.4, -0.2) is 29.1 Å². The summed E-state index contributed by atoms with van der Waals surface area (Å²) < 4.78 is 18.6. The third kappa shape index (κ3) is 2.30. The van der Waals surface area contributed by atoms with Crippen molar-refractivity contribution in [2.45, 2.75) is 0 Å². The van der Waals surface area contributed by atoms with Crippen LogP contribution in [0.3, 0.4) is 0 Å². The highest BCUT2D eigenvalue weighted by Crippen LogP contribution is 2.23. The van der Waals surface area contributed by atoms with E-state index in [2.05, 4.69) is 20.3 Å². The van der Waals surface area contributed by atoms with Crippen molar-refractivity contribution >= 4 is 5.95 Å². The average molecular weight is 234 g/mol. The molecule has 0 atom stereocenters. The molecule has 0 aliphatic carbocycles. The van der Waals surface area contributed by atoms with E-state index in [-0.39, 0.29) is 5.69 Å². The van der Waals surface area contributed by atoms with Crippen LogP contribution < -0.4 is 10.1 Å². The molecule has 0 aliphatic heterocycles. The Bertz CT molecular complexity index is 533. The van der Waals surface area contributed by atoms with Crippen molar-refractivity contribution in [1.29, 1.82) is 0 Å². The van der Waals surface area contributed by atoms with Gasteiger partial charge in [-0.1, -0.05) is 0 Å². The van der Waals surface area contributed by atoms with Crippen LogP contribution in [0.4, 0.5) is 10.3 Å². The van der Waals surface area contributed by atoms with Crippen LogP contribution in [0.2, 0.25) is 0 Å². The largest absolute Gasteiger partial charge is 0.481 e. The summed E-state index contributed by atoms with van der Waals surface area (Å²) in [4.78, 5) is 11.8. The summed E-state index contributed by atoms with van der Waals surface area (Å²) in [7, 11) is 3.17. The SMILES string of the molecule is CNc1ncc(F)c(-c2ccnc(OC)c2)n1. The highest BCUT2D eigenvalue weighted by atomic mass is 19.1. The lowest BCUT2D eigenvalue weighted by Gasteiger charge is -2.05. The molecule has 88 valence electrons. The van der Waals surface area contributed by atoms with E-state index in [0.717, 1.165) is 6.20 Å². The van der Waals surface area contributed by atoms with Crippen molar-refractivity contribution < 1.29 is 9.13 Å². The Morgan fingerprint density at radius 1 is 1.35 bits per heavy atom. The van der Waals surface area contributed by atoms with Crippen molar-refractivity contribution in [3.05, 3.63) is 30.3 Å². The summed E-state index contributed by atoms with van der Waals surface area (Å²) in [6, 6.07) is 3.28. The minimum absolute atomic E-state index is 0.213. The van der Waals surface area contributed by atoms with Gasteiger partial charge in [0, 0.05) is 24.9 Å². The number of pyridine rings is 1. The van der Waals surface area contributed by atoms with Gasteiger partial charge in [0.15, 0.2) is 5.82 Å². The van der Waals surface area contributed by atoms with Crippen molar-refractivity contribution in [2.75, 3.05) is 19.5 Å². The molecule has 2 rings (SSSR count). The lowest BCUT2D eigenvalue weighted by atomic mass is 10.2. The zero-order valence-corrected chi connectivity index (χ0v) is 9.44. The molecule has 0 spiro atoms. The van der Waals surface area contributed by atoms with Gasteiger partial charge in [0.25, 0.3) is 0 Å². The lowest BCUT2D eigenvalue weighted by Crippen LogP contribution is -2.00. The second-order valence-electron chi connectivity index (χ2n) is 3.23. The first-order chi connectivity index (χ1) is 8.24. The van der Waals surface area contributed by atoms with E-state index in [9.17, 15) is 4.39 Å². The molecule has 2 aromatic rings. The number of rotatable bonds is 3. The molecule has 5 nitrogen and oxygen atoms in total. The number of hydrogen-bond acceptors (Lipinski definition) is 5. The molecule has 2 aromatic heterocycles. The molecule has 0 fully saturated rings. The van der Waals surface area contributed by atoms with Crippen LogP contribution in [0.15, 0.2) is 24.5 Å². The van der Waals surface area contributed by atoms with E-state index in [0.29, 0.717) is 17.4 Å².